The highest BCUT2D eigenvalue weighted by Crippen LogP contribution is 2.57. The molecule has 3 aliphatic carbocycles. The highest BCUT2D eigenvalue weighted by atomic mass is 35.5. The molecule has 2 aromatic rings. The van der Waals surface area contributed by atoms with Gasteiger partial charge in [0.15, 0.2) is 17.1 Å². The van der Waals surface area contributed by atoms with Crippen LogP contribution in [0.3, 0.4) is 0 Å². The number of nitrogens with zero attached hydrogens (tertiary/aromatic N) is 3. The third-order valence-corrected chi connectivity index (χ3v) is 11.5. The van der Waals surface area contributed by atoms with Crippen LogP contribution in [0.2, 0.25) is 5.02 Å². The number of rotatable bonds is 15. The molecule has 11 heteroatoms. The van der Waals surface area contributed by atoms with E-state index in [0.29, 0.717) is 54.6 Å². The van der Waals surface area contributed by atoms with Crippen LogP contribution in [0.25, 0.3) is 0 Å². The minimum Gasteiger partial charge on any atom is -0.508 e. The number of benzene rings is 1. The third kappa shape index (κ3) is 5.91. The van der Waals surface area contributed by atoms with Crippen molar-refractivity contribution in [2.45, 2.75) is 89.8 Å². The molecule has 6 rings (SSSR count). The Morgan fingerprint density at radius 3 is 2.48 bits per heavy atom. The van der Waals surface area contributed by atoms with Crippen molar-refractivity contribution in [2.24, 2.45) is 11.8 Å². The van der Waals surface area contributed by atoms with Crippen LogP contribution < -0.4 is 9.47 Å². The molecule has 1 aromatic heterocycles. The molecule has 1 saturated heterocycles. The quantitative estimate of drug-likeness (QED) is 0.143. The summed E-state index contributed by atoms with van der Waals surface area (Å²) in [6.07, 6.45) is 9.29. The number of fused-ring (bicyclic) bond motifs is 4. The molecule has 270 valence electrons. The zero-order valence-corrected chi connectivity index (χ0v) is 30.3. The van der Waals surface area contributed by atoms with Crippen LogP contribution in [0.5, 0.6) is 11.6 Å². The summed E-state index contributed by atoms with van der Waals surface area (Å²) in [6.45, 7) is 17.4. The number of aromatic nitrogens is 1. The molecule has 5 atom stereocenters. The first-order chi connectivity index (χ1) is 24.2. The summed E-state index contributed by atoms with van der Waals surface area (Å²) in [7, 11) is 0. The molecule has 1 aliphatic heterocycles. The van der Waals surface area contributed by atoms with E-state index in [9.17, 15) is 19.8 Å². The fourth-order valence-corrected chi connectivity index (χ4v) is 8.94. The fraction of sp³-hybridized carbons (Fsp3) is 0.564. The van der Waals surface area contributed by atoms with E-state index in [1.165, 1.54) is 0 Å². The van der Waals surface area contributed by atoms with Crippen LogP contribution >= 0.6 is 11.6 Å². The summed E-state index contributed by atoms with van der Waals surface area (Å²) in [6, 6.07) is 1.29. The summed E-state index contributed by atoms with van der Waals surface area (Å²) < 4.78 is 18.1. The number of aliphatic hydroxyl groups excluding tert-OH is 1. The summed E-state index contributed by atoms with van der Waals surface area (Å²) in [5.41, 5.74) is -0.505. The lowest BCUT2D eigenvalue weighted by Gasteiger charge is -2.50. The Hall–Kier alpha value is -3.44. The van der Waals surface area contributed by atoms with E-state index in [1.54, 1.807) is 12.2 Å². The van der Waals surface area contributed by atoms with Crippen LogP contribution in [0.4, 0.5) is 0 Å². The van der Waals surface area contributed by atoms with Crippen molar-refractivity contribution in [2.75, 3.05) is 39.4 Å². The molecule has 0 bridgehead atoms. The van der Waals surface area contributed by atoms with E-state index in [2.05, 4.69) is 37.1 Å². The van der Waals surface area contributed by atoms with Crippen LogP contribution in [0.15, 0.2) is 47.2 Å². The van der Waals surface area contributed by atoms with E-state index in [-0.39, 0.29) is 35.2 Å². The SMILES string of the molecule is C=CCN(CC=C)[C@@H]1c2onc(OCCCC)c2C(=O)[C@@]2(O)C(O)=C3C(=O)c4c(OCCCC)cc(C5CCCN5CC)c(Cl)c4C[C@H]3C[C@@H]12. The van der Waals surface area contributed by atoms with Crippen LogP contribution in [-0.4, -0.2) is 81.7 Å². The van der Waals surface area contributed by atoms with Gasteiger partial charge in [0.25, 0.3) is 5.88 Å². The molecule has 2 N–H and O–H groups in total. The number of aliphatic hydroxyl groups is 2. The molecular formula is C39H50ClN3O7. The van der Waals surface area contributed by atoms with Gasteiger partial charge in [-0.2, -0.15) is 0 Å². The van der Waals surface area contributed by atoms with Crippen LogP contribution in [0, 0.1) is 11.8 Å². The van der Waals surface area contributed by atoms with Gasteiger partial charge in [-0.3, -0.25) is 19.4 Å². The number of carbonyl (C=O) groups excluding carboxylic acids is 2. The number of hydrogen-bond acceptors (Lipinski definition) is 10. The molecule has 0 radical (unpaired) electrons. The van der Waals surface area contributed by atoms with Crippen LogP contribution in [-0.2, 0) is 6.42 Å². The normalized spacial score (nSPS) is 26.0. The molecule has 0 saturated carbocycles. The van der Waals surface area contributed by atoms with Crippen molar-refractivity contribution < 1.29 is 33.8 Å². The molecule has 10 nitrogen and oxygen atoms in total. The van der Waals surface area contributed by atoms with Crippen LogP contribution in [0.1, 0.15) is 115 Å². The maximum Gasteiger partial charge on any atom is 0.265 e. The lowest BCUT2D eigenvalue weighted by atomic mass is 9.58. The number of allylic oxidation sites excluding steroid dienone is 1. The fourth-order valence-electron chi connectivity index (χ4n) is 8.59. The van der Waals surface area contributed by atoms with Gasteiger partial charge in [-0.15, -0.1) is 13.2 Å². The van der Waals surface area contributed by atoms with Gasteiger partial charge in [-0.25, -0.2) is 0 Å². The second-order valence-electron chi connectivity index (χ2n) is 14.0. The number of halogens is 1. The molecule has 0 spiro atoms. The Morgan fingerprint density at radius 2 is 1.82 bits per heavy atom. The van der Waals surface area contributed by atoms with Crippen molar-refractivity contribution in [3.8, 4) is 11.6 Å². The maximum atomic E-state index is 14.7. The minimum atomic E-state index is -2.44. The van der Waals surface area contributed by atoms with Crippen molar-refractivity contribution in [3.05, 3.63) is 75.7 Å². The van der Waals surface area contributed by atoms with Gasteiger partial charge in [0.1, 0.15) is 17.1 Å². The summed E-state index contributed by atoms with van der Waals surface area (Å²) in [5.74, 6) is -2.69. The smallest absolute Gasteiger partial charge is 0.265 e. The van der Waals surface area contributed by atoms with Crippen molar-refractivity contribution >= 4 is 23.2 Å². The summed E-state index contributed by atoms with van der Waals surface area (Å²) >= 11 is 7.28. The number of carbonyl (C=O) groups is 2. The van der Waals surface area contributed by atoms with Crippen molar-refractivity contribution in [1.82, 2.24) is 15.0 Å². The second-order valence-corrected chi connectivity index (χ2v) is 14.3. The second kappa shape index (κ2) is 15.0. The van der Waals surface area contributed by atoms with E-state index in [1.807, 2.05) is 17.9 Å². The molecule has 1 fully saturated rings. The molecule has 1 aromatic carbocycles. The zero-order valence-electron chi connectivity index (χ0n) is 29.5. The molecule has 2 heterocycles. The number of ether oxygens (including phenoxy) is 2. The predicted octanol–water partition coefficient (Wildman–Crippen LogP) is 7.37. The minimum absolute atomic E-state index is 0.0226. The topological polar surface area (TPSA) is 126 Å². The first kappa shape index (κ1) is 36.4. The molecule has 0 amide bonds. The molecule has 4 aliphatic rings. The third-order valence-electron chi connectivity index (χ3n) is 11.0. The number of unbranched alkanes of at least 4 members (excludes halogenated alkanes) is 2. The standard InChI is InChI=1S/C39H50ClN3O7/c1-6-11-18-48-28-22-24(27-14-13-17-42(27)10-5)32(40)25-20-23-21-26-33(43(15-8-3)16-9-4)35-31(38(41-50-35)49-19-12-7-2)37(46)39(26,47)36(45)29(23)34(44)30(25)28/h8-9,22-23,26-27,33,45,47H,3-4,6-7,10-21H2,1-2,5H3/t23-,26-,27?,33-,39-/m0/s1. The number of hydrogen-bond donors (Lipinski definition) is 2. The van der Waals surface area contributed by atoms with E-state index < -0.39 is 40.8 Å². The average Bonchev–Trinajstić information content (AvgIpc) is 3.75. The molecule has 50 heavy (non-hydrogen) atoms. The lowest BCUT2D eigenvalue weighted by Crippen LogP contribution is -2.60. The monoisotopic (exact) mass is 707 g/mol. The van der Waals surface area contributed by atoms with Gasteiger partial charge >= 0.3 is 0 Å². The zero-order chi connectivity index (χ0) is 35.7. The highest BCUT2D eigenvalue weighted by Gasteiger charge is 2.64. The Kier molecular flexibility index (Phi) is 10.9. The number of ketones is 2. The Balaban J connectivity index is 1.51. The summed E-state index contributed by atoms with van der Waals surface area (Å²) in [4.78, 5) is 33.6. The number of Topliss-reactive ketones (excluding diaryl/α,β-unsaturated/α-hetero) is 2. The Bertz CT molecular complexity index is 1670. The number of likely N-dealkylation sites (tertiary alicyclic amines) is 1. The van der Waals surface area contributed by atoms with Crippen molar-refractivity contribution in [1.29, 1.82) is 0 Å². The lowest BCUT2D eigenvalue weighted by molar-refractivity contribution is -0.0601. The van der Waals surface area contributed by atoms with E-state index in [0.717, 1.165) is 57.2 Å². The van der Waals surface area contributed by atoms with Gasteiger partial charge in [-0.05, 0) is 79.9 Å². The van der Waals surface area contributed by atoms with Gasteiger partial charge in [0.05, 0.1) is 24.8 Å². The average molecular weight is 708 g/mol. The van der Waals surface area contributed by atoms with Crippen molar-refractivity contribution in [3.63, 3.8) is 0 Å². The molecule has 1 unspecified atom stereocenters. The highest BCUT2D eigenvalue weighted by molar-refractivity contribution is 6.33. The van der Waals surface area contributed by atoms with Gasteiger partial charge < -0.3 is 24.2 Å². The maximum absolute atomic E-state index is 14.7. The Morgan fingerprint density at radius 1 is 1.12 bits per heavy atom. The largest absolute Gasteiger partial charge is 0.508 e. The van der Waals surface area contributed by atoms with Gasteiger partial charge in [0, 0.05) is 35.6 Å². The summed E-state index contributed by atoms with van der Waals surface area (Å²) in [5, 5.41) is 29.5. The predicted molar refractivity (Wildman–Crippen MR) is 191 cm³/mol. The van der Waals surface area contributed by atoms with Gasteiger partial charge in [0.2, 0.25) is 5.78 Å². The first-order valence-electron chi connectivity index (χ1n) is 18.2. The first-order valence-corrected chi connectivity index (χ1v) is 18.6. The van der Waals surface area contributed by atoms with Gasteiger partial charge in [-0.1, -0.05) is 57.4 Å². The Labute approximate surface area is 299 Å². The molecular weight excluding hydrogens is 658 g/mol. The van der Waals surface area contributed by atoms with E-state index >= 15 is 0 Å². The van der Waals surface area contributed by atoms with E-state index in [4.69, 9.17) is 25.6 Å².